The lowest BCUT2D eigenvalue weighted by Crippen LogP contribution is -2.36. The highest BCUT2D eigenvalue weighted by Crippen LogP contribution is 2.14. The van der Waals surface area contributed by atoms with Crippen molar-refractivity contribution in [3.63, 3.8) is 0 Å². The second-order valence-electron chi connectivity index (χ2n) is 4.46. The van der Waals surface area contributed by atoms with Crippen LogP contribution in [0.25, 0.3) is 0 Å². The van der Waals surface area contributed by atoms with Gasteiger partial charge in [-0.25, -0.2) is 4.98 Å². The zero-order valence-electron chi connectivity index (χ0n) is 12.2. The van der Waals surface area contributed by atoms with E-state index in [0.29, 0.717) is 13.1 Å². The van der Waals surface area contributed by atoms with Crippen molar-refractivity contribution in [2.45, 2.75) is 26.4 Å². The molecule has 6 heteroatoms. The van der Waals surface area contributed by atoms with Gasteiger partial charge in [-0.15, -0.1) is 11.3 Å². The van der Waals surface area contributed by atoms with E-state index in [1.54, 1.807) is 18.4 Å². The summed E-state index contributed by atoms with van der Waals surface area (Å²) in [5.74, 6) is 0.737. The van der Waals surface area contributed by atoms with Crippen LogP contribution in [0.5, 0.6) is 0 Å². The van der Waals surface area contributed by atoms with Gasteiger partial charge in [0.1, 0.15) is 0 Å². The monoisotopic (exact) mass is 322 g/mol. The normalized spacial score (nSPS) is 11.5. The minimum atomic E-state index is 0.636. The molecule has 0 aliphatic heterocycles. The molecule has 0 saturated heterocycles. The maximum Gasteiger partial charge on any atom is 0.191 e. The molecule has 0 bridgehead atoms. The number of guanidine groups is 1. The molecule has 1 heterocycles. The van der Waals surface area contributed by atoms with E-state index in [9.17, 15) is 0 Å². The third-order valence-electron chi connectivity index (χ3n) is 2.97. The molecular formula is C15H19ClN4S. The van der Waals surface area contributed by atoms with Gasteiger partial charge in [0.15, 0.2) is 5.96 Å². The third kappa shape index (κ3) is 4.72. The average molecular weight is 323 g/mol. The lowest BCUT2D eigenvalue weighted by molar-refractivity contribution is 0.795. The molecule has 0 aliphatic carbocycles. The molecule has 0 radical (unpaired) electrons. The second kappa shape index (κ2) is 8.00. The number of nitrogens with one attached hydrogen (secondary N) is 2. The van der Waals surface area contributed by atoms with E-state index in [-0.39, 0.29) is 0 Å². The fourth-order valence-corrected chi connectivity index (χ4v) is 2.76. The summed E-state index contributed by atoms with van der Waals surface area (Å²) in [7, 11) is 1.75. The van der Waals surface area contributed by atoms with Crippen molar-refractivity contribution in [2.24, 2.45) is 4.99 Å². The number of hydrogen-bond acceptors (Lipinski definition) is 3. The Labute approximate surface area is 134 Å². The van der Waals surface area contributed by atoms with E-state index >= 15 is 0 Å². The Balaban J connectivity index is 1.85. The van der Waals surface area contributed by atoms with Crippen LogP contribution in [0.4, 0.5) is 0 Å². The number of benzene rings is 1. The van der Waals surface area contributed by atoms with Crippen LogP contribution in [-0.2, 0) is 19.5 Å². The molecule has 2 rings (SSSR count). The fraction of sp³-hybridized carbons (Fsp3) is 0.333. The fourth-order valence-electron chi connectivity index (χ4n) is 1.81. The molecule has 0 amide bonds. The molecule has 0 atom stereocenters. The van der Waals surface area contributed by atoms with Gasteiger partial charge in [0.25, 0.3) is 0 Å². The van der Waals surface area contributed by atoms with E-state index in [0.717, 1.165) is 33.7 Å². The first-order valence-electron chi connectivity index (χ1n) is 6.84. The predicted molar refractivity (Wildman–Crippen MR) is 90.0 cm³/mol. The molecule has 1 aromatic heterocycles. The number of hydrogen-bond donors (Lipinski definition) is 2. The van der Waals surface area contributed by atoms with Gasteiger partial charge >= 0.3 is 0 Å². The van der Waals surface area contributed by atoms with Gasteiger partial charge in [-0.3, -0.25) is 4.99 Å². The van der Waals surface area contributed by atoms with Crippen LogP contribution >= 0.6 is 22.9 Å². The third-order valence-corrected chi connectivity index (χ3v) is 4.38. The largest absolute Gasteiger partial charge is 0.352 e. The number of rotatable bonds is 5. The highest BCUT2D eigenvalue weighted by molar-refractivity contribution is 7.09. The highest BCUT2D eigenvalue weighted by atomic mass is 35.5. The van der Waals surface area contributed by atoms with Crippen LogP contribution < -0.4 is 10.6 Å². The minimum absolute atomic E-state index is 0.636. The molecule has 21 heavy (non-hydrogen) atoms. The van der Waals surface area contributed by atoms with Gasteiger partial charge in [-0.05, 0) is 18.1 Å². The van der Waals surface area contributed by atoms with Crippen LogP contribution in [-0.4, -0.2) is 18.0 Å². The van der Waals surface area contributed by atoms with Gasteiger partial charge in [-0.2, -0.15) is 0 Å². The first kappa shape index (κ1) is 15.8. The average Bonchev–Trinajstić information content (AvgIpc) is 2.97. The van der Waals surface area contributed by atoms with Crippen molar-refractivity contribution in [3.8, 4) is 0 Å². The zero-order chi connectivity index (χ0) is 15.1. The Morgan fingerprint density at radius 2 is 2.05 bits per heavy atom. The number of aryl methyl sites for hydroxylation is 1. The maximum absolute atomic E-state index is 6.13. The van der Waals surface area contributed by atoms with Gasteiger partial charge < -0.3 is 10.6 Å². The topological polar surface area (TPSA) is 49.3 Å². The first-order valence-corrected chi connectivity index (χ1v) is 8.10. The number of aliphatic imine (C=N–C) groups is 1. The van der Waals surface area contributed by atoms with Crippen molar-refractivity contribution in [1.82, 2.24) is 15.6 Å². The SMILES string of the molecule is CCc1nc(CNC(=NC)NCc2ccccc2Cl)cs1. The van der Waals surface area contributed by atoms with Gasteiger partial charge in [-0.1, -0.05) is 36.7 Å². The highest BCUT2D eigenvalue weighted by Gasteiger charge is 2.04. The zero-order valence-corrected chi connectivity index (χ0v) is 13.8. The van der Waals surface area contributed by atoms with Crippen LogP contribution in [0.3, 0.4) is 0 Å². The lowest BCUT2D eigenvalue weighted by Gasteiger charge is -2.11. The van der Waals surface area contributed by atoms with Crippen molar-refractivity contribution < 1.29 is 0 Å². The van der Waals surface area contributed by atoms with Crippen molar-refractivity contribution in [3.05, 3.63) is 50.9 Å². The summed E-state index contributed by atoms with van der Waals surface area (Å²) in [5.41, 5.74) is 2.08. The van der Waals surface area contributed by atoms with Crippen LogP contribution in [0.15, 0.2) is 34.6 Å². The number of aromatic nitrogens is 1. The maximum atomic E-state index is 6.13. The van der Waals surface area contributed by atoms with Crippen molar-refractivity contribution >= 4 is 28.9 Å². The summed E-state index contributed by atoms with van der Waals surface area (Å²) in [6, 6.07) is 7.78. The molecular weight excluding hydrogens is 304 g/mol. The molecule has 0 saturated carbocycles. The van der Waals surface area contributed by atoms with Crippen molar-refractivity contribution in [1.29, 1.82) is 0 Å². The van der Waals surface area contributed by atoms with Crippen molar-refractivity contribution in [2.75, 3.05) is 7.05 Å². The standard InChI is InChI=1S/C15H19ClN4S/c1-3-14-20-12(10-21-14)9-19-15(17-2)18-8-11-6-4-5-7-13(11)16/h4-7,10H,3,8-9H2,1-2H3,(H2,17,18,19). The predicted octanol–water partition coefficient (Wildman–Crippen LogP) is 3.22. The van der Waals surface area contributed by atoms with Crippen LogP contribution in [0, 0.1) is 0 Å². The van der Waals surface area contributed by atoms with Gasteiger partial charge in [0.05, 0.1) is 17.2 Å². The van der Waals surface area contributed by atoms with E-state index < -0.39 is 0 Å². The number of thiazole rings is 1. The molecule has 4 nitrogen and oxygen atoms in total. The molecule has 112 valence electrons. The molecule has 2 aromatic rings. The summed E-state index contributed by atoms with van der Waals surface area (Å²) >= 11 is 7.83. The Morgan fingerprint density at radius 1 is 1.29 bits per heavy atom. The van der Waals surface area contributed by atoms with E-state index in [1.807, 2.05) is 24.3 Å². The quantitative estimate of drug-likeness (QED) is 0.656. The van der Waals surface area contributed by atoms with E-state index in [2.05, 4.69) is 32.9 Å². The Bertz CT molecular complexity index is 609. The molecule has 1 aromatic carbocycles. The Morgan fingerprint density at radius 3 is 2.71 bits per heavy atom. The Kier molecular flexibility index (Phi) is 6.02. The van der Waals surface area contributed by atoms with Gasteiger partial charge in [0, 0.05) is 24.0 Å². The number of nitrogens with zero attached hydrogens (tertiary/aromatic N) is 2. The molecule has 2 N–H and O–H groups in total. The second-order valence-corrected chi connectivity index (χ2v) is 5.81. The number of halogens is 1. The first-order chi connectivity index (χ1) is 10.2. The van der Waals surface area contributed by atoms with E-state index in [4.69, 9.17) is 11.6 Å². The summed E-state index contributed by atoms with van der Waals surface area (Å²) in [4.78, 5) is 8.72. The molecule has 0 spiro atoms. The molecule has 0 fully saturated rings. The lowest BCUT2D eigenvalue weighted by atomic mass is 10.2. The molecule has 0 aliphatic rings. The summed E-state index contributed by atoms with van der Waals surface area (Å²) < 4.78 is 0. The van der Waals surface area contributed by atoms with E-state index in [1.165, 1.54) is 0 Å². The summed E-state index contributed by atoms with van der Waals surface area (Å²) in [5, 5.41) is 10.5. The van der Waals surface area contributed by atoms with Gasteiger partial charge in [0.2, 0.25) is 0 Å². The Hall–Kier alpha value is -1.59. The smallest absolute Gasteiger partial charge is 0.191 e. The summed E-state index contributed by atoms with van der Waals surface area (Å²) in [6.07, 6.45) is 0.976. The minimum Gasteiger partial charge on any atom is -0.352 e. The molecule has 0 unspecified atom stereocenters. The summed E-state index contributed by atoms with van der Waals surface area (Å²) in [6.45, 7) is 3.41. The van der Waals surface area contributed by atoms with Crippen LogP contribution in [0.2, 0.25) is 5.02 Å². The van der Waals surface area contributed by atoms with Crippen LogP contribution in [0.1, 0.15) is 23.2 Å².